The number of allylic oxidation sites excluding steroid dienone is 2. The smallest absolute Gasteiger partial charge is 0.139 e. The highest BCUT2D eigenvalue weighted by Crippen LogP contribution is 2.63. The van der Waals surface area contributed by atoms with Crippen molar-refractivity contribution in [2.45, 2.75) is 64.9 Å². The summed E-state index contributed by atoms with van der Waals surface area (Å²) in [6.45, 7) is 4.69. The molecule has 21 heavy (non-hydrogen) atoms. The molecule has 0 aromatic carbocycles. The van der Waals surface area contributed by atoms with Crippen LogP contribution < -0.4 is 0 Å². The van der Waals surface area contributed by atoms with Crippen LogP contribution in [0.4, 0.5) is 0 Å². The molecule has 0 radical (unpaired) electrons. The molecule has 2 nitrogen and oxygen atoms in total. The van der Waals surface area contributed by atoms with Crippen molar-refractivity contribution in [1.82, 2.24) is 0 Å². The highest BCUT2D eigenvalue weighted by atomic mass is 16.3. The molecule has 0 aromatic rings. The fourth-order valence-electron chi connectivity index (χ4n) is 6.37. The Morgan fingerprint density at radius 3 is 2.71 bits per heavy atom. The zero-order chi connectivity index (χ0) is 14.8. The van der Waals surface area contributed by atoms with Crippen LogP contribution in [0.5, 0.6) is 0 Å². The van der Waals surface area contributed by atoms with Gasteiger partial charge in [-0.3, -0.25) is 4.79 Å². The summed E-state index contributed by atoms with van der Waals surface area (Å²) in [4.78, 5) is 12.4. The number of aliphatic hydroxyl groups excluding tert-OH is 1. The molecule has 0 bridgehead atoms. The quantitative estimate of drug-likeness (QED) is 0.690. The molecule has 116 valence electrons. The number of fused-ring (bicyclic) bond motifs is 5. The highest BCUT2D eigenvalue weighted by Gasteiger charge is 2.58. The fourth-order valence-corrected chi connectivity index (χ4v) is 6.37. The van der Waals surface area contributed by atoms with Gasteiger partial charge in [0.25, 0.3) is 0 Å². The van der Waals surface area contributed by atoms with E-state index in [4.69, 9.17) is 0 Å². The first kappa shape index (κ1) is 14.0. The van der Waals surface area contributed by atoms with Gasteiger partial charge in [-0.05, 0) is 67.6 Å². The summed E-state index contributed by atoms with van der Waals surface area (Å²) in [6, 6.07) is 0. The standard InChI is InChI=1S/C19H28O2/c1-18-9-7-13(20)11-12(18)3-4-14-15-5-6-17(21)19(15,2)10-8-16(14)18/h3-4,12-16,20H,5-11H2,1-2H3/t12?,13-,14-,15-,16-,18-,19-/m0/s1. The minimum atomic E-state index is -0.105. The first-order chi connectivity index (χ1) is 9.95. The van der Waals surface area contributed by atoms with Crippen LogP contribution in [0.15, 0.2) is 12.2 Å². The van der Waals surface area contributed by atoms with Crippen LogP contribution in [0.25, 0.3) is 0 Å². The molecule has 4 aliphatic rings. The molecule has 3 fully saturated rings. The Kier molecular flexibility index (Phi) is 2.96. The Labute approximate surface area is 128 Å². The third-order valence-electron chi connectivity index (χ3n) is 7.84. The van der Waals surface area contributed by atoms with Crippen LogP contribution in [0, 0.1) is 34.5 Å². The summed E-state index contributed by atoms with van der Waals surface area (Å²) in [5, 5.41) is 10.0. The van der Waals surface area contributed by atoms with E-state index in [0.29, 0.717) is 29.0 Å². The van der Waals surface area contributed by atoms with Gasteiger partial charge in [-0.25, -0.2) is 0 Å². The SMILES string of the molecule is C[C@]12CC[C@H](O)CC1C=C[C@@H]1[C@@H]2CC[C@]2(C)C(=O)CC[C@@H]12. The average Bonchev–Trinajstić information content (AvgIpc) is 2.76. The molecule has 2 heteroatoms. The zero-order valence-corrected chi connectivity index (χ0v) is 13.3. The van der Waals surface area contributed by atoms with Gasteiger partial charge in [0.15, 0.2) is 0 Å². The number of carbonyl (C=O) groups is 1. The highest BCUT2D eigenvalue weighted by molar-refractivity contribution is 5.87. The van der Waals surface area contributed by atoms with Crippen molar-refractivity contribution < 1.29 is 9.90 Å². The molecule has 0 spiro atoms. The minimum absolute atomic E-state index is 0.0388. The van der Waals surface area contributed by atoms with E-state index < -0.39 is 0 Å². The van der Waals surface area contributed by atoms with E-state index in [1.54, 1.807) is 0 Å². The van der Waals surface area contributed by atoms with Gasteiger partial charge in [0, 0.05) is 11.8 Å². The Balaban J connectivity index is 1.69. The summed E-state index contributed by atoms with van der Waals surface area (Å²) in [7, 11) is 0. The molecule has 3 saturated carbocycles. The fraction of sp³-hybridized carbons (Fsp3) is 0.842. The number of rotatable bonds is 0. The van der Waals surface area contributed by atoms with Crippen LogP contribution in [-0.2, 0) is 4.79 Å². The summed E-state index contributed by atoms with van der Waals surface area (Å²) < 4.78 is 0. The van der Waals surface area contributed by atoms with Gasteiger partial charge in [-0.15, -0.1) is 0 Å². The lowest BCUT2D eigenvalue weighted by molar-refractivity contribution is -0.132. The summed E-state index contributed by atoms with van der Waals surface area (Å²) in [5.74, 6) is 2.97. The first-order valence-corrected chi connectivity index (χ1v) is 8.85. The maximum atomic E-state index is 12.4. The van der Waals surface area contributed by atoms with Crippen molar-refractivity contribution in [3.05, 3.63) is 12.2 Å². The van der Waals surface area contributed by atoms with Crippen LogP contribution in [-0.4, -0.2) is 17.0 Å². The van der Waals surface area contributed by atoms with E-state index in [1.165, 1.54) is 6.42 Å². The Hall–Kier alpha value is -0.630. The predicted molar refractivity (Wildman–Crippen MR) is 82.6 cm³/mol. The largest absolute Gasteiger partial charge is 0.393 e. The number of aliphatic hydroxyl groups is 1. The van der Waals surface area contributed by atoms with E-state index >= 15 is 0 Å². The number of Topliss-reactive ketones (excluding diaryl/α,β-unsaturated/α-hetero) is 1. The molecule has 1 N–H and O–H groups in total. The van der Waals surface area contributed by atoms with E-state index in [-0.39, 0.29) is 11.5 Å². The lowest BCUT2D eigenvalue weighted by Crippen LogP contribution is -2.52. The molecule has 0 heterocycles. The third-order valence-corrected chi connectivity index (χ3v) is 7.84. The van der Waals surface area contributed by atoms with Crippen molar-refractivity contribution in [1.29, 1.82) is 0 Å². The van der Waals surface area contributed by atoms with Gasteiger partial charge in [0.05, 0.1) is 6.10 Å². The molecule has 1 unspecified atom stereocenters. The Morgan fingerprint density at radius 1 is 1.10 bits per heavy atom. The molecule has 0 saturated heterocycles. The lowest BCUT2D eigenvalue weighted by Gasteiger charge is -2.57. The summed E-state index contributed by atoms with van der Waals surface area (Å²) in [5.41, 5.74) is 0.314. The van der Waals surface area contributed by atoms with Crippen molar-refractivity contribution >= 4 is 5.78 Å². The second-order valence-corrected chi connectivity index (χ2v) is 8.63. The average molecular weight is 288 g/mol. The number of hydrogen-bond donors (Lipinski definition) is 1. The minimum Gasteiger partial charge on any atom is -0.393 e. The van der Waals surface area contributed by atoms with Crippen LogP contribution in [0.1, 0.15) is 58.8 Å². The van der Waals surface area contributed by atoms with Gasteiger partial charge in [0.1, 0.15) is 5.78 Å². The van der Waals surface area contributed by atoms with E-state index in [9.17, 15) is 9.90 Å². The zero-order valence-electron chi connectivity index (χ0n) is 13.3. The molecule has 7 atom stereocenters. The van der Waals surface area contributed by atoms with Crippen molar-refractivity contribution in [2.24, 2.45) is 34.5 Å². The van der Waals surface area contributed by atoms with Crippen molar-refractivity contribution in [2.75, 3.05) is 0 Å². The predicted octanol–water partition coefficient (Wildman–Crippen LogP) is 3.74. The van der Waals surface area contributed by atoms with Crippen LogP contribution in [0.3, 0.4) is 0 Å². The van der Waals surface area contributed by atoms with E-state index in [0.717, 1.165) is 44.4 Å². The second kappa shape index (κ2) is 4.44. The second-order valence-electron chi connectivity index (χ2n) is 8.63. The Morgan fingerprint density at radius 2 is 1.90 bits per heavy atom. The molecule has 0 aromatic heterocycles. The molecule has 0 amide bonds. The third kappa shape index (κ3) is 1.78. The molecular formula is C19H28O2. The summed E-state index contributed by atoms with van der Waals surface area (Å²) in [6.07, 6.45) is 12.0. The summed E-state index contributed by atoms with van der Waals surface area (Å²) >= 11 is 0. The maximum Gasteiger partial charge on any atom is 0.139 e. The monoisotopic (exact) mass is 288 g/mol. The van der Waals surface area contributed by atoms with Gasteiger partial charge in [-0.2, -0.15) is 0 Å². The number of carbonyl (C=O) groups excluding carboxylic acids is 1. The van der Waals surface area contributed by atoms with Crippen molar-refractivity contribution in [3.63, 3.8) is 0 Å². The number of hydrogen-bond acceptors (Lipinski definition) is 2. The van der Waals surface area contributed by atoms with Crippen LogP contribution >= 0.6 is 0 Å². The molecule has 0 aliphatic heterocycles. The molecule has 4 rings (SSSR count). The van der Waals surface area contributed by atoms with Gasteiger partial charge in [-0.1, -0.05) is 26.0 Å². The Bertz CT molecular complexity index is 496. The maximum absolute atomic E-state index is 12.4. The van der Waals surface area contributed by atoms with Gasteiger partial charge < -0.3 is 5.11 Å². The van der Waals surface area contributed by atoms with E-state index in [2.05, 4.69) is 26.0 Å². The van der Waals surface area contributed by atoms with Crippen LogP contribution in [0.2, 0.25) is 0 Å². The van der Waals surface area contributed by atoms with Crippen molar-refractivity contribution in [3.8, 4) is 0 Å². The lowest BCUT2D eigenvalue weighted by atomic mass is 9.47. The molecule has 4 aliphatic carbocycles. The van der Waals surface area contributed by atoms with E-state index in [1.807, 2.05) is 0 Å². The van der Waals surface area contributed by atoms with Gasteiger partial charge in [0.2, 0.25) is 0 Å². The normalized spacial score (nSPS) is 55.8. The number of ketones is 1. The topological polar surface area (TPSA) is 37.3 Å². The van der Waals surface area contributed by atoms with Gasteiger partial charge >= 0.3 is 0 Å². The molecular weight excluding hydrogens is 260 g/mol. The first-order valence-electron chi connectivity index (χ1n) is 8.85.